The minimum Gasteiger partial charge on any atom is -0.478 e. The van der Waals surface area contributed by atoms with Crippen molar-refractivity contribution in [3.05, 3.63) is 11.1 Å². The first-order valence-corrected chi connectivity index (χ1v) is 11.3. The van der Waals surface area contributed by atoms with Crippen LogP contribution in [0.5, 0.6) is 0 Å². The first-order chi connectivity index (χ1) is 11.9. The zero-order valence-corrected chi connectivity index (χ0v) is 16.4. The predicted molar refractivity (Wildman–Crippen MR) is 101 cm³/mol. The largest absolute Gasteiger partial charge is 0.478 e. The summed E-state index contributed by atoms with van der Waals surface area (Å²) in [6.45, 7) is 1.84. The van der Waals surface area contributed by atoms with Crippen molar-refractivity contribution in [1.29, 1.82) is 0 Å². The summed E-state index contributed by atoms with van der Waals surface area (Å²) in [4.78, 5) is 21.9. The van der Waals surface area contributed by atoms with Crippen molar-refractivity contribution >= 4 is 14.0 Å². The van der Waals surface area contributed by atoms with Crippen LogP contribution in [0.25, 0.3) is 0 Å². The van der Waals surface area contributed by atoms with E-state index in [1.807, 2.05) is 6.92 Å². The van der Waals surface area contributed by atoms with Crippen LogP contribution in [0.3, 0.4) is 0 Å². The molecule has 2 aliphatic carbocycles. The molecule has 6 heteroatoms. The Kier molecular flexibility index (Phi) is 8.18. The van der Waals surface area contributed by atoms with Gasteiger partial charge in [0.05, 0.1) is 11.2 Å². The molecule has 2 rings (SSSR count). The maximum atomic E-state index is 12.1. The second-order valence-electron chi connectivity index (χ2n) is 7.96. The van der Waals surface area contributed by atoms with Crippen LogP contribution in [0.2, 0.25) is 0 Å². The number of hydrogen-bond donors (Lipinski definition) is 3. The predicted octanol–water partition coefficient (Wildman–Crippen LogP) is 4.10. The van der Waals surface area contributed by atoms with E-state index in [0.29, 0.717) is 12.3 Å². The summed E-state index contributed by atoms with van der Waals surface area (Å²) in [5.41, 5.74) is 6.31. The molecule has 2 saturated carbocycles. The minimum atomic E-state index is -3.06. The van der Waals surface area contributed by atoms with Gasteiger partial charge < -0.3 is 15.7 Å². The van der Waals surface area contributed by atoms with Crippen LogP contribution in [-0.4, -0.2) is 27.7 Å². The zero-order chi connectivity index (χ0) is 18.4. The molecular formula is C19H34NO4P. The van der Waals surface area contributed by atoms with E-state index >= 15 is 0 Å². The van der Waals surface area contributed by atoms with E-state index in [1.54, 1.807) is 0 Å². The van der Waals surface area contributed by atoms with Gasteiger partial charge in [0.25, 0.3) is 0 Å². The van der Waals surface area contributed by atoms with E-state index < -0.39 is 25.7 Å². The van der Waals surface area contributed by atoms with E-state index in [9.17, 15) is 19.4 Å². The van der Waals surface area contributed by atoms with Gasteiger partial charge in [-0.1, -0.05) is 56.9 Å². The number of aliphatic carboxylic acids is 1. The van der Waals surface area contributed by atoms with Crippen LogP contribution < -0.4 is 5.73 Å². The zero-order valence-electron chi connectivity index (χ0n) is 15.4. The first kappa shape index (κ1) is 20.7. The van der Waals surface area contributed by atoms with Crippen LogP contribution in [0.1, 0.15) is 77.6 Å². The van der Waals surface area contributed by atoms with Crippen molar-refractivity contribution in [2.45, 2.75) is 89.3 Å². The fraction of sp³-hybridized carbons (Fsp3) is 0.842. The topological polar surface area (TPSA) is 101 Å². The molecule has 0 aromatic carbocycles. The Morgan fingerprint density at radius 2 is 1.60 bits per heavy atom. The summed E-state index contributed by atoms with van der Waals surface area (Å²) in [5.74, 6) is -0.400. The highest BCUT2D eigenvalue weighted by atomic mass is 31.1. The van der Waals surface area contributed by atoms with Crippen molar-refractivity contribution in [1.82, 2.24) is 0 Å². The molecule has 0 saturated heterocycles. The van der Waals surface area contributed by atoms with Gasteiger partial charge in [0.1, 0.15) is 0 Å². The lowest BCUT2D eigenvalue weighted by Gasteiger charge is -2.31. The highest BCUT2D eigenvalue weighted by Gasteiger charge is 2.35. The smallest absolute Gasteiger partial charge is 0.332 e. The SMILES string of the molecule is C/C(=C(\C(=O)O)C(C(N)CC1CCCCC1)[PH](=O)O)C1CCCCC1. The van der Waals surface area contributed by atoms with E-state index in [2.05, 4.69) is 0 Å². The molecule has 144 valence electrons. The molecule has 3 atom stereocenters. The summed E-state index contributed by atoms with van der Waals surface area (Å²) < 4.78 is 12.1. The molecule has 2 fully saturated rings. The number of carbonyl (C=O) groups is 1. The molecule has 4 N–H and O–H groups in total. The van der Waals surface area contributed by atoms with Gasteiger partial charge in [-0.15, -0.1) is 0 Å². The minimum absolute atomic E-state index is 0.126. The standard InChI is InChI=1S/C19H34NO4P/c1-13(15-10-6-3-7-11-15)17(19(21)22)18(25(23)24)16(20)12-14-8-4-2-5-9-14/h14-16,18,25H,2-12,20H2,1H3,(H,21,22)(H,23,24)/b17-13+. The normalized spacial score (nSPS) is 25.1. The Balaban J connectivity index is 2.23. The molecule has 0 spiro atoms. The van der Waals surface area contributed by atoms with Crippen LogP contribution in [0.15, 0.2) is 11.1 Å². The quantitative estimate of drug-likeness (QED) is 0.462. The molecular weight excluding hydrogens is 337 g/mol. The third-order valence-electron chi connectivity index (χ3n) is 6.21. The first-order valence-electron chi connectivity index (χ1n) is 9.84. The van der Waals surface area contributed by atoms with Crippen LogP contribution >= 0.6 is 8.03 Å². The second kappa shape index (κ2) is 9.89. The number of nitrogens with two attached hydrogens (primary N) is 1. The lowest BCUT2D eigenvalue weighted by molar-refractivity contribution is -0.133. The summed E-state index contributed by atoms with van der Waals surface area (Å²) >= 11 is 0. The number of allylic oxidation sites excluding steroid dienone is 1. The Hall–Kier alpha value is -0.640. The number of carboxylic acids is 1. The van der Waals surface area contributed by atoms with Gasteiger partial charge in [0, 0.05) is 6.04 Å². The van der Waals surface area contributed by atoms with Gasteiger partial charge in [-0.3, -0.25) is 4.57 Å². The van der Waals surface area contributed by atoms with Crippen molar-refractivity contribution in [3.8, 4) is 0 Å². The lowest BCUT2D eigenvalue weighted by atomic mass is 9.80. The van der Waals surface area contributed by atoms with E-state index in [1.165, 1.54) is 25.7 Å². The van der Waals surface area contributed by atoms with Crippen molar-refractivity contribution in [3.63, 3.8) is 0 Å². The van der Waals surface area contributed by atoms with E-state index in [-0.39, 0.29) is 11.5 Å². The van der Waals surface area contributed by atoms with Gasteiger partial charge in [-0.2, -0.15) is 0 Å². The number of hydrogen-bond acceptors (Lipinski definition) is 3. The molecule has 0 amide bonds. The Morgan fingerprint density at radius 3 is 2.08 bits per heavy atom. The van der Waals surface area contributed by atoms with Crippen LogP contribution in [0, 0.1) is 11.8 Å². The van der Waals surface area contributed by atoms with Gasteiger partial charge >= 0.3 is 5.97 Å². The van der Waals surface area contributed by atoms with Gasteiger partial charge in [0.15, 0.2) is 8.03 Å². The average Bonchev–Trinajstić information content (AvgIpc) is 2.59. The number of rotatable bonds is 7. The monoisotopic (exact) mass is 371 g/mol. The molecule has 0 heterocycles. The highest BCUT2D eigenvalue weighted by Crippen LogP contribution is 2.40. The molecule has 5 nitrogen and oxygen atoms in total. The fourth-order valence-corrected chi connectivity index (χ4v) is 5.87. The highest BCUT2D eigenvalue weighted by molar-refractivity contribution is 7.39. The maximum absolute atomic E-state index is 12.1. The van der Waals surface area contributed by atoms with Crippen LogP contribution in [-0.2, 0) is 9.36 Å². The molecule has 0 bridgehead atoms. The summed E-state index contributed by atoms with van der Waals surface area (Å²) in [6, 6.07) is -0.552. The van der Waals surface area contributed by atoms with Crippen molar-refractivity contribution in [2.75, 3.05) is 0 Å². The van der Waals surface area contributed by atoms with Gasteiger partial charge in [-0.05, 0) is 38.0 Å². The molecule has 3 unspecified atom stereocenters. The maximum Gasteiger partial charge on any atom is 0.332 e. The lowest BCUT2D eigenvalue weighted by Crippen LogP contribution is -2.39. The molecule has 2 aliphatic rings. The molecule has 0 aromatic rings. The van der Waals surface area contributed by atoms with Gasteiger partial charge in [-0.25, -0.2) is 4.79 Å². The van der Waals surface area contributed by atoms with Crippen molar-refractivity contribution < 1.29 is 19.4 Å². The van der Waals surface area contributed by atoms with E-state index in [4.69, 9.17) is 5.73 Å². The second-order valence-corrected chi connectivity index (χ2v) is 9.25. The summed E-state index contributed by atoms with van der Waals surface area (Å²) in [6.07, 6.45) is 11.8. The molecule has 0 aromatic heterocycles. The Bertz CT molecular complexity index is 508. The Labute approximate surface area is 151 Å². The van der Waals surface area contributed by atoms with Crippen LogP contribution in [0.4, 0.5) is 0 Å². The van der Waals surface area contributed by atoms with Crippen molar-refractivity contribution in [2.24, 2.45) is 17.6 Å². The number of carboxylic acid groups (broad SMARTS) is 1. The molecule has 0 radical (unpaired) electrons. The van der Waals surface area contributed by atoms with Gasteiger partial charge in [0.2, 0.25) is 0 Å². The summed E-state index contributed by atoms with van der Waals surface area (Å²) in [5, 5.41) is 9.80. The fourth-order valence-electron chi connectivity index (χ4n) is 4.77. The van der Waals surface area contributed by atoms with E-state index in [0.717, 1.165) is 44.1 Å². The summed E-state index contributed by atoms with van der Waals surface area (Å²) in [7, 11) is -3.06. The molecule has 0 aliphatic heterocycles. The average molecular weight is 371 g/mol. The Morgan fingerprint density at radius 1 is 1.08 bits per heavy atom. The molecule has 25 heavy (non-hydrogen) atoms. The third kappa shape index (κ3) is 5.67. The third-order valence-corrected chi connectivity index (χ3v) is 7.46.